The van der Waals surface area contributed by atoms with Crippen LogP contribution in [0.15, 0.2) is 243 Å². The first kappa shape index (κ1) is 46.0. The van der Waals surface area contributed by atoms with Gasteiger partial charge in [0.05, 0.1) is 11.0 Å². The van der Waals surface area contributed by atoms with Crippen LogP contribution in [0.2, 0.25) is 0 Å². The molecule has 0 atom stereocenters. The first-order chi connectivity index (χ1) is 36.2. The minimum Gasteiger partial charge on any atom is -0.314 e. The Bertz CT molecular complexity index is 3710. The maximum Gasteiger partial charge on any atom is 0.0534 e. The Kier molecular flexibility index (Phi) is 11.9. The second-order valence-corrected chi connectivity index (χ2v) is 19.8. The molecule has 4 heteroatoms. The Morgan fingerprint density at radius 1 is 0.257 bits per heavy atom. The smallest absolute Gasteiger partial charge is 0.0534 e. The molecule has 4 nitrogen and oxygen atoms in total. The fraction of sp³-hybridized carbons (Fsp3) is 0.0857. The topological polar surface area (TPSA) is 16.3 Å². The molecule has 0 radical (unpaired) electrons. The summed E-state index contributed by atoms with van der Waals surface area (Å²) < 4.78 is 4.82. The van der Waals surface area contributed by atoms with E-state index in [-0.39, 0.29) is 0 Å². The summed E-state index contributed by atoms with van der Waals surface area (Å²) in [7, 11) is 0. The maximum absolute atomic E-state index is 2.41. The van der Waals surface area contributed by atoms with Crippen molar-refractivity contribution in [1.29, 1.82) is 0 Å². The molecular weight excluding hydrogens is 897 g/mol. The highest BCUT2D eigenvalue weighted by Gasteiger charge is 2.20. The molecule has 0 saturated heterocycles. The van der Waals surface area contributed by atoms with Gasteiger partial charge in [-0.2, -0.15) is 0 Å². The van der Waals surface area contributed by atoms with Gasteiger partial charge in [0.15, 0.2) is 0 Å². The minimum atomic E-state index is 1.10. The van der Waals surface area contributed by atoms with Crippen LogP contribution in [0.25, 0.3) is 66.6 Å². The van der Waals surface area contributed by atoms with Crippen LogP contribution in [0.4, 0.5) is 34.1 Å². The largest absolute Gasteiger partial charge is 0.314 e. The van der Waals surface area contributed by atoms with E-state index in [9.17, 15) is 0 Å². The number of fused-ring (bicyclic) bond motifs is 2. The fourth-order valence-electron chi connectivity index (χ4n) is 10.9. The molecule has 0 fully saturated rings. The number of nitrogens with zero attached hydrogens (tertiary/aromatic N) is 4. The van der Waals surface area contributed by atoms with E-state index in [0.29, 0.717) is 0 Å². The van der Waals surface area contributed by atoms with Crippen molar-refractivity contribution >= 4 is 55.9 Å². The molecular formula is C70H58N4. The van der Waals surface area contributed by atoms with Crippen LogP contribution in [-0.2, 0) is 0 Å². The molecule has 0 N–H and O–H groups in total. The Labute approximate surface area is 435 Å². The van der Waals surface area contributed by atoms with E-state index in [1.807, 2.05) is 0 Å². The van der Waals surface area contributed by atoms with Crippen LogP contribution in [0, 0.1) is 41.5 Å². The summed E-state index contributed by atoms with van der Waals surface area (Å²) in [6, 6.07) is 88.5. The molecule has 0 amide bonds. The number of hydrogen-bond donors (Lipinski definition) is 0. The average molecular weight is 955 g/mol. The first-order valence-electron chi connectivity index (χ1n) is 25.7. The molecule has 10 aromatic carbocycles. The Morgan fingerprint density at radius 2 is 0.581 bits per heavy atom. The third-order valence-corrected chi connectivity index (χ3v) is 15.1. The van der Waals surface area contributed by atoms with Gasteiger partial charge in [-0.05, 0) is 207 Å². The van der Waals surface area contributed by atoms with Gasteiger partial charge in [0.25, 0.3) is 0 Å². The SMILES string of the molecule is Cc1ccc(N(c2ccc(-n3c(C)c(C)c4cc(-c5ccc6c(c5)c(C)c(C)n6-c5ccc(N(c6ccc(C)cc6)c6cccc(-c7ccccc7)c6)cc5)ccc43)cc2)c2cccc(-c3ccccc3)c2)cc1. The van der Waals surface area contributed by atoms with E-state index in [4.69, 9.17) is 0 Å². The quantitative estimate of drug-likeness (QED) is 0.128. The van der Waals surface area contributed by atoms with Gasteiger partial charge < -0.3 is 18.9 Å². The van der Waals surface area contributed by atoms with E-state index in [1.54, 1.807) is 0 Å². The van der Waals surface area contributed by atoms with Crippen molar-refractivity contribution in [3.63, 3.8) is 0 Å². The number of aromatic nitrogens is 2. The standard InChI is InChI=1S/C70H58N4/c1-47-23-29-61(30-24-47)73(65-21-13-19-55(43-65)53-15-9-7-10-16-53)63-37-33-59(34-38-63)71-51(5)49(3)67-45-57(27-41-69(67)71)58-28-42-70-68(46-58)50(4)52(6)72(70)60-35-39-64(40-36-60)74(62-31-25-48(2)26-32-62)66-22-14-20-56(44-66)54-17-11-8-12-18-54/h7-46H,1-6H3. The number of hydrogen-bond acceptors (Lipinski definition) is 2. The average Bonchev–Trinajstić information content (AvgIpc) is 3.86. The Morgan fingerprint density at radius 3 is 0.946 bits per heavy atom. The molecule has 0 aliphatic rings. The molecule has 0 bridgehead atoms. The van der Waals surface area contributed by atoms with Crippen molar-refractivity contribution in [1.82, 2.24) is 9.13 Å². The van der Waals surface area contributed by atoms with Gasteiger partial charge in [-0.1, -0.05) is 132 Å². The van der Waals surface area contributed by atoms with Crippen LogP contribution >= 0.6 is 0 Å². The summed E-state index contributed by atoms with van der Waals surface area (Å²) in [4.78, 5) is 4.71. The van der Waals surface area contributed by atoms with Crippen LogP contribution in [-0.4, -0.2) is 9.13 Å². The lowest BCUT2D eigenvalue weighted by Gasteiger charge is -2.26. The molecule has 0 spiro atoms. The predicted molar refractivity (Wildman–Crippen MR) is 314 cm³/mol. The van der Waals surface area contributed by atoms with Crippen LogP contribution in [0.3, 0.4) is 0 Å². The summed E-state index contributed by atoms with van der Waals surface area (Å²) >= 11 is 0. The van der Waals surface area contributed by atoms with Crippen molar-refractivity contribution in [3.8, 4) is 44.8 Å². The van der Waals surface area contributed by atoms with Crippen LogP contribution in [0.5, 0.6) is 0 Å². The zero-order chi connectivity index (χ0) is 50.5. The second-order valence-electron chi connectivity index (χ2n) is 19.8. The lowest BCUT2D eigenvalue weighted by molar-refractivity contribution is 1.04. The highest BCUT2D eigenvalue weighted by atomic mass is 15.1. The van der Waals surface area contributed by atoms with Gasteiger partial charge in [0.2, 0.25) is 0 Å². The van der Waals surface area contributed by atoms with Crippen molar-refractivity contribution < 1.29 is 0 Å². The fourth-order valence-corrected chi connectivity index (χ4v) is 10.9. The van der Waals surface area contributed by atoms with Crippen molar-refractivity contribution in [2.24, 2.45) is 0 Å². The second kappa shape index (κ2) is 19.1. The summed E-state index contributed by atoms with van der Waals surface area (Å²) in [5.74, 6) is 0. The number of anilines is 6. The third-order valence-electron chi connectivity index (χ3n) is 15.1. The van der Waals surface area contributed by atoms with E-state index in [0.717, 1.165) is 45.5 Å². The van der Waals surface area contributed by atoms with Crippen molar-refractivity contribution in [3.05, 3.63) is 276 Å². The van der Waals surface area contributed by atoms with Crippen molar-refractivity contribution in [2.75, 3.05) is 9.80 Å². The summed E-state index contributed by atoms with van der Waals surface area (Å²) in [6.45, 7) is 13.3. The van der Waals surface area contributed by atoms with E-state index in [1.165, 1.54) is 88.8 Å². The lowest BCUT2D eigenvalue weighted by atomic mass is 10.00. The minimum absolute atomic E-state index is 1.10. The van der Waals surface area contributed by atoms with Crippen LogP contribution in [0.1, 0.15) is 33.6 Å². The van der Waals surface area contributed by atoms with Gasteiger partial charge >= 0.3 is 0 Å². The molecule has 74 heavy (non-hydrogen) atoms. The normalized spacial score (nSPS) is 11.4. The molecule has 12 rings (SSSR count). The summed E-state index contributed by atoms with van der Waals surface area (Å²) in [6.07, 6.45) is 0. The molecule has 0 unspecified atom stereocenters. The van der Waals surface area contributed by atoms with Crippen molar-refractivity contribution in [2.45, 2.75) is 41.5 Å². The Balaban J connectivity index is 0.851. The van der Waals surface area contributed by atoms with Crippen LogP contribution < -0.4 is 9.80 Å². The first-order valence-corrected chi connectivity index (χ1v) is 25.7. The Hall–Kier alpha value is -9.12. The van der Waals surface area contributed by atoms with Gasteiger partial charge in [-0.25, -0.2) is 0 Å². The lowest BCUT2D eigenvalue weighted by Crippen LogP contribution is -2.10. The van der Waals surface area contributed by atoms with Gasteiger partial charge in [0.1, 0.15) is 0 Å². The molecule has 0 aliphatic carbocycles. The molecule has 2 heterocycles. The zero-order valence-corrected chi connectivity index (χ0v) is 42.9. The van der Waals surface area contributed by atoms with Gasteiger partial charge in [-0.3, -0.25) is 0 Å². The van der Waals surface area contributed by atoms with E-state index < -0.39 is 0 Å². The number of aryl methyl sites for hydroxylation is 4. The molecule has 0 aliphatic heterocycles. The molecule has 12 aromatic rings. The van der Waals surface area contributed by atoms with E-state index in [2.05, 4.69) is 303 Å². The van der Waals surface area contributed by atoms with Gasteiger partial charge in [-0.15, -0.1) is 0 Å². The number of rotatable bonds is 11. The highest BCUT2D eigenvalue weighted by molar-refractivity contribution is 5.95. The number of benzene rings is 10. The monoisotopic (exact) mass is 954 g/mol. The predicted octanol–water partition coefficient (Wildman–Crippen LogP) is 19.4. The van der Waals surface area contributed by atoms with E-state index >= 15 is 0 Å². The van der Waals surface area contributed by atoms with Gasteiger partial charge in [0, 0.05) is 67.7 Å². The summed E-state index contributed by atoms with van der Waals surface area (Å²) in [5.41, 5.74) is 26.1. The maximum atomic E-state index is 2.41. The molecule has 358 valence electrons. The zero-order valence-electron chi connectivity index (χ0n) is 42.9. The highest BCUT2D eigenvalue weighted by Crippen LogP contribution is 2.41. The third kappa shape index (κ3) is 8.44. The summed E-state index contributed by atoms with van der Waals surface area (Å²) in [5, 5.41) is 2.53. The molecule has 2 aromatic heterocycles. The molecule has 0 saturated carbocycles.